The van der Waals surface area contributed by atoms with Gasteiger partial charge in [-0.05, 0) is 36.2 Å². The van der Waals surface area contributed by atoms with Gasteiger partial charge < -0.3 is 10.1 Å². The average molecular weight is 253 g/mol. The fourth-order valence-corrected chi connectivity index (χ4v) is 3.88. The van der Waals surface area contributed by atoms with Crippen molar-refractivity contribution in [3.63, 3.8) is 0 Å². The highest BCUT2D eigenvalue weighted by Crippen LogP contribution is 2.35. The maximum Gasteiger partial charge on any atom is 0.119 e. The van der Waals surface area contributed by atoms with Crippen LogP contribution in [0.4, 0.5) is 0 Å². The van der Waals surface area contributed by atoms with Gasteiger partial charge in [0, 0.05) is 16.7 Å². The van der Waals surface area contributed by atoms with Gasteiger partial charge in [0.05, 0.1) is 17.9 Å². The Hall–Kier alpha value is -0.870. The fraction of sp³-hybridized carbons (Fsp3) is 0.538. The quantitative estimate of drug-likeness (QED) is 0.896. The van der Waals surface area contributed by atoms with E-state index in [4.69, 9.17) is 4.74 Å². The maximum absolute atomic E-state index is 12.1. The van der Waals surface area contributed by atoms with Gasteiger partial charge in [0.25, 0.3) is 0 Å². The second-order valence-corrected chi connectivity index (χ2v) is 5.89. The number of nitrogens with one attached hydrogen (secondary N) is 1. The first-order valence-corrected chi connectivity index (χ1v) is 7.29. The standard InChI is InChI=1S/C13H19NO2S/c1-4-14-13-9(2)8-17(15)12-6-5-10(16-3)7-11(12)13/h5-7,9,13-14H,4,8H2,1-3H3. The lowest BCUT2D eigenvalue weighted by molar-refractivity contribution is 0.396. The zero-order valence-electron chi connectivity index (χ0n) is 10.5. The molecule has 4 heteroatoms. The number of hydrogen-bond acceptors (Lipinski definition) is 3. The highest BCUT2D eigenvalue weighted by Gasteiger charge is 2.30. The lowest BCUT2D eigenvalue weighted by atomic mass is 9.95. The van der Waals surface area contributed by atoms with E-state index in [0.717, 1.165) is 28.5 Å². The van der Waals surface area contributed by atoms with E-state index in [9.17, 15) is 4.21 Å². The molecule has 3 nitrogen and oxygen atoms in total. The maximum atomic E-state index is 12.1. The summed E-state index contributed by atoms with van der Waals surface area (Å²) in [6.45, 7) is 5.16. The van der Waals surface area contributed by atoms with Crippen LogP contribution in [0.1, 0.15) is 25.5 Å². The van der Waals surface area contributed by atoms with E-state index in [2.05, 4.69) is 19.2 Å². The van der Waals surface area contributed by atoms with E-state index in [0.29, 0.717) is 5.92 Å². The van der Waals surface area contributed by atoms with Crippen LogP contribution in [0.25, 0.3) is 0 Å². The molecule has 2 rings (SSSR count). The first-order valence-electron chi connectivity index (χ1n) is 5.97. The van der Waals surface area contributed by atoms with Crippen molar-refractivity contribution in [3.8, 4) is 5.75 Å². The molecule has 0 fully saturated rings. The molecular weight excluding hydrogens is 234 g/mol. The largest absolute Gasteiger partial charge is 0.497 e. The Labute approximate surface area is 105 Å². The fourth-order valence-electron chi connectivity index (χ4n) is 2.37. The summed E-state index contributed by atoms with van der Waals surface area (Å²) in [5, 5.41) is 3.47. The van der Waals surface area contributed by atoms with Crippen molar-refractivity contribution in [2.75, 3.05) is 19.4 Å². The van der Waals surface area contributed by atoms with Crippen molar-refractivity contribution in [1.82, 2.24) is 5.32 Å². The zero-order valence-corrected chi connectivity index (χ0v) is 11.3. The zero-order chi connectivity index (χ0) is 12.4. The Morgan fingerprint density at radius 1 is 1.53 bits per heavy atom. The Morgan fingerprint density at radius 3 is 2.94 bits per heavy atom. The molecule has 1 aliphatic heterocycles. The summed E-state index contributed by atoms with van der Waals surface area (Å²) in [4.78, 5) is 0.954. The molecule has 1 aliphatic rings. The van der Waals surface area contributed by atoms with E-state index in [-0.39, 0.29) is 6.04 Å². The van der Waals surface area contributed by atoms with Gasteiger partial charge in [0.2, 0.25) is 0 Å². The van der Waals surface area contributed by atoms with Crippen molar-refractivity contribution in [1.29, 1.82) is 0 Å². The number of ether oxygens (including phenoxy) is 1. The van der Waals surface area contributed by atoms with Crippen LogP contribution in [0.15, 0.2) is 23.1 Å². The monoisotopic (exact) mass is 253 g/mol. The van der Waals surface area contributed by atoms with Crippen molar-refractivity contribution in [2.24, 2.45) is 5.92 Å². The average Bonchev–Trinajstić information content (AvgIpc) is 2.33. The molecule has 17 heavy (non-hydrogen) atoms. The summed E-state index contributed by atoms with van der Waals surface area (Å²) in [6.07, 6.45) is 0. The third kappa shape index (κ3) is 2.38. The van der Waals surface area contributed by atoms with E-state index in [1.54, 1.807) is 7.11 Å². The van der Waals surface area contributed by atoms with E-state index in [1.165, 1.54) is 0 Å². The number of hydrogen-bond donors (Lipinski definition) is 1. The van der Waals surface area contributed by atoms with Gasteiger partial charge in [-0.3, -0.25) is 4.21 Å². The molecule has 0 amide bonds. The molecule has 1 aromatic carbocycles. The van der Waals surface area contributed by atoms with Crippen LogP contribution >= 0.6 is 0 Å². The Bertz CT molecular complexity index is 433. The number of fused-ring (bicyclic) bond motifs is 1. The molecule has 3 atom stereocenters. The molecule has 0 spiro atoms. The Balaban J connectivity index is 2.46. The predicted molar refractivity (Wildman–Crippen MR) is 69.9 cm³/mol. The highest BCUT2D eigenvalue weighted by atomic mass is 32.2. The smallest absolute Gasteiger partial charge is 0.119 e. The summed E-state index contributed by atoms with van der Waals surface area (Å²) in [5.74, 6) is 1.95. The van der Waals surface area contributed by atoms with Gasteiger partial charge in [-0.1, -0.05) is 13.8 Å². The Kier molecular flexibility index (Phi) is 3.84. The van der Waals surface area contributed by atoms with Crippen LogP contribution in [-0.4, -0.2) is 23.6 Å². The minimum absolute atomic E-state index is 0.280. The van der Waals surface area contributed by atoms with Crippen LogP contribution in [0.2, 0.25) is 0 Å². The van der Waals surface area contributed by atoms with Crippen molar-refractivity contribution in [2.45, 2.75) is 24.8 Å². The van der Waals surface area contributed by atoms with Crippen molar-refractivity contribution >= 4 is 10.8 Å². The van der Waals surface area contributed by atoms with E-state index >= 15 is 0 Å². The van der Waals surface area contributed by atoms with Crippen LogP contribution in [0, 0.1) is 5.92 Å². The first-order chi connectivity index (χ1) is 8.17. The van der Waals surface area contributed by atoms with Gasteiger partial charge in [-0.2, -0.15) is 0 Å². The topological polar surface area (TPSA) is 38.3 Å². The second kappa shape index (κ2) is 5.19. The molecule has 0 aromatic heterocycles. The summed E-state index contributed by atoms with van der Waals surface area (Å²) in [7, 11) is 0.785. The minimum Gasteiger partial charge on any atom is -0.497 e. The van der Waals surface area contributed by atoms with E-state index < -0.39 is 10.8 Å². The molecular formula is C13H19NO2S. The number of rotatable bonds is 3. The lowest BCUT2D eigenvalue weighted by Crippen LogP contribution is -2.34. The molecule has 1 N–H and O–H groups in total. The predicted octanol–water partition coefficient (Wildman–Crippen LogP) is 2.10. The van der Waals surface area contributed by atoms with Crippen LogP contribution < -0.4 is 10.1 Å². The number of methoxy groups -OCH3 is 1. The molecule has 1 aromatic rings. The van der Waals surface area contributed by atoms with Gasteiger partial charge in [-0.15, -0.1) is 0 Å². The molecule has 0 radical (unpaired) electrons. The molecule has 0 aliphatic carbocycles. The van der Waals surface area contributed by atoms with Crippen molar-refractivity contribution < 1.29 is 8.95 Å². The highest BCUT2D eigenvalue weighted by molar-refractivity contribution is 7.85. The summed E-state index contributed by atoms with van der Waals surface area (Å²) >= 11 is 0. The summed E-state index contributed by atoms with van der Waals surface area (Å²) < 4.78 is 17.3. The summed E-state index contributed by atoms with van der Waals surface area (Å²) in [5.41, 5.74) is 1.13. The third-order valence-electron chi connectivity index (χ3n) is 3.20. The molecule has 1 heterocycles. The minimum atomic E-state index is -0.875. The van der Waals surface area contributed by atoms with Crippen LogP contribution in [-0.2, 0) is 10.8 Å². The molecule has 0 bridgehead atoms. The second-order valence-electron chi connectivity index (χ2n) is 4.43. The van der Waals surface area contributed by atoms with Gasteiger partial charge in [0.15, 0.2) is 0 Å². The first kappa shape index (κ1) is 12.6. The molecule has 3 unspecified atom stereocenters. The van der Waals surface area contributed by atoms with E-state index in [1.807, 2.05) is 18.2 Å². The van der Waals surface area contributed by atoms with Gasteiger partial charge in [-0.25, -0.2) is 0 Å². The summed E-state index contributed by atoms with van der Waals surface area (Å²) in [6, 6.07) is 6.11. The molecule has 0 saturated heterocycles. The normalized spacial score (nSPS) is 27.6. The lowest BCUT2D eigenvalue weighted by Gasteiger charge is -2.31. The third-order valence-corrected chi connectivity index (χ3v) is 4.90. The Morgan fingerprint density at radius 2 is 2.29 bits per heavy atom. The number of benzene rings is 1. The van der Waals surface area contributed by atoms with Gasteiger partial charge in [0.1, 0.15) is 5.75 Å². The molecule has 0 saturated carbocycles. The SMILES string of the molecule is CCNC1c2cc(OC)ccc2S(=O)CC1C. The molecule has 94 valence electrons. The van der Waals surface area contributed by atoms with Gasteiger partial charge >= 0.3 is 0 Å². The van der Waals surface area contributed by atoms with Crippen LogP contribution in [0.3, 0.4) is 0 Å². The van der Waals surface area contributed by atoms with Crippen LogP contribution in [0.5, 0.6) is 5.75 Å². The van der Waals surface area contributed by atoms with Crippen molar-refractivity contribution in [3.05, 3.63) is 23.8 Å².